The number of aryl methyl sites for hydroxylation is 3. The van der Waals surface area contributed by atoms with Crippen molar-refractivity contribution in [3.63, 3.8) is 0 Å². The second kappa shape index (κ2) is 5.88. The highest BCUT2D eigenvalue weighted by Crippen LogP contribution is 2.29. The minimum atomic E-state index is 0.107. The van der Waals surface area contributed by atoms with Crippen LogP contribution in [0.25, 0.3) is 0 Å². The maximum absolute atomic E-state index is 4.44. The highest BCUT2D eigenvalue weighted by atomic mass is 79.9. The zero-order valence-corrected chi connectivity index (χ0v) is 13.4. The lowest BCUT2D eigenvalue weighted by Gasteiger charge is -2.19. The van der Waals surface area contributed by atoms with E-state index in [9.17, 15) is 0 Å². The number of hydrogen-bond donors (Lipinski definition) is 1. The topological polar surface area (TPSA) is 47.7 Å². The maximum Gasteiger partial charge on any atom is 0.0793 e. The lowest BCUT2D eigenvalue weighted by Crippen LogP contribution is -2.26. The van der Waals surface area contributed by atoms with Crippen molar-refractivity contribution < 1.29 is 0 Å². The van der Waals surface area contributed by atoms with E-state index in [1.54, 1.807) is 0 Å². The van der Waals surface area contributed by atoms with Gasteiger partial charge in [0.05, 0.1) is 28.1 Å². The van der Waals surface area contributed by atoms with Crippen LogP contribution in [0.3, 0.4) is 0 Å². The quantitative estimate of drug-likeness (QED) is 0.917. The van der Waals surface area contributed by atoms with Crippen molar-refractivity contribution >= 4 is 15.9 Å². The molecule has 2 aromatic rings. The molecule has 0 saturated heterocycles. The second-order valence-corrected chi connectivity index (χ2v) is 5.59. The van der Waals surface area contributed by atoms with Crippen LogP contribution in [0.4, 0.5) is 0 Å². The standard InChI is InChI=1S/C13H20BrN5/c1-5-6-15-12(10-8-18(3)17-9(10)2)13-11(14)7-16-19(13)4/h7-8,12,15H,5-6H2,1-4H3. The largest absolute Gasteiger partial charge is 0.305 e. The van der Waals surface area contributed by atoms with Crippen LogP contribution in [0.15, 0.2) is 16.9 Å². The van der Waals surface area contributed by atoms with E-state index in [0.29, 0.717) is 0 Å². The number of aromatic nitrogens is 4. The number of halogens is 1. The van der Waals surface area contributed by atoms with Gasteiger partial charge in [0.1, 0.15) is 0 Å². The van der Waals surface area contributed by atoms with Crippen LogP contribution in [-0.2, 0) is 14.1 Å². The van der Waals surface area contributed by atoms with Gasteiger partial charge in [-0.2, -0.15) is 10.2 Å². The van der Waals surface area contributed by atoms with Crippen molar-refractivity contribution in [3.05, 3.63) is 33.8 Å². The Morgan fingerprint density at radius 3 is 2.63 bits per heavy atom. The fourth-order valence-electron chi connectivity index (χ4n) is 2.29. The number of nitrogens with zero attached hydrogens (tertiary/aromatic N) is 4. The maximum atomic E-state index is 4.44. The van der Waals surface area contributed by atoms with E-state index in [0.717, 1.165) is 28.8 Å². The number of hydrogen-bond acceptors (Lipinski definition) is 3. The van der Waals surface area contributed by atoms with Crippen LogP contribution in [0.1, 0.15) is 36.3 Å². The molecule has 2 heterocycles. The van der Waals surface area contributed by atoms with Gasteiger partial charge in [0.15, 0.2) is 0 Å². The van der Waals surface area contributed by atoms with E-state index < -0.39 is 0 Å². The van der Waals surface area contributed by atoms with Gasteiger partial charge in [0, 0.05) is 25.9 Å². The molecule has 0 radical (unpaired) electrons. The Morgan fingerprint density at radius 2 is 2.16 bits per heavy atom. The molecular weight excluding hydrogens is 306 g/mol. The molecule has 2 rings (SSSR count). The van der Waals surface area contributed by atoms with Gasteiger partial charge in [-0.25, -0.2) is 0 Å². The zero-order chi connectivity index (χ0) is 14.0. The molecule has 1 unspecified atom stereocenters. The Hall–Kier alpha value is -1.14. The molecule has 0 spiro atoms. The van der Waals surface area contributed by atoms with Crippen molar-refractivity contribution in [2.75, 3.05) is 6.54 Å². The average molecular weight is 326 g/mol. The fourth-order valence-corrected chi connectivity index (χ4v) is 2.87. The minimum absolute atomic E-state index is 0.107. The SMILES string of the molecule is CCCNC(c1cn(C)nc1C)c1c(Br)cnn1C. The lowest BCUT2D eigenvalue weighted by atomic mass is 10.0. The summed E-state index contributed by atoms with van der Waals surface area (Å²) >= 11 is 3.59. The van der Waals surface area contributed by atoms with E-state index in [1.165, 1.54) is 5.56 Å². The molecular formula is C13H20BrN5. The summed E-state index contributed by atoms with van der Waals surface area (Å²) in [6.07, 6.45) is 5.00. The molecule has 2 aromatic heterocycles. The van der Waals surface area contributed by atoms with E-state index in [2.05, 4.69) is 44.6 Å². The van der Waals surface area contributed by atoms with E-state index >= 15 is 0 Å². The van der Waals surface area contributed by atoms with E-state index in [4.69, 9.17) is 0 Å². The summed E-state index contributed by atoms with van der Waals surface area (Å²) in [7, 11) is 3.91. The van der Waals surface area contributed by atoms with Crippen molar-refractivity contribution in [3.8, 4) is 0 Å². The lowest BCUT2D eigenvalue weighted by molar-refractivity contribution is 0.550. The van der Waals surface area contributed by atoms with Crippen LogP contribution >= 0.6 is 15.9 Å². The van der Waals surface area contributed by atoms with Gasteiger partial charge in [-0.15, -0.1) is 0 Å². The van der Waals surface area contributed by atoms with Crippen molar-refractivity contribution in [1.82, 2.24) is 24.9 Å². The fraction of sp³-hybridized carbons (Fsp3) is 0.538. The molecule has 0 aromatic carbocycles. The minimum Gasteiger partial charge on any atom is -0.305 e. The van der Waals surface area contributed by atoms with Crippen molar-refractivity contribution in [2.45, 2.75) is 26.3 Å². The van der Waals surface area contributed by atoms with Crippen LogP contribution in [0, 0.1) is 6.92 Å². The summed E-state index contributed by atoms with van der Waals surface area (Å²) in [6, 6.07) is 0.107. The molecule has 0 aliphatic heterocycles. The summed E-state index contributed by atoms with van der Waals surface area (Å²) in [5.74, 6) is 0. The molecule has 0 aliphatic carbocycles. The normalized spacial score (nSPS) is 12.9. The Kier molecular flexibility index (Phi) is 4.42. The first-order valence-electron chi connectivity index (χ1n) is 6.45. The third-order valence-electron chi connectivity index (χ3n) is 3.17. The summed E-state index contributed by atoms with van der Waals surface area (Å²) < 4.78 is 4.78. The van der Waals surface area contributed by atoms with Crippen molar-refractivity contribution in [2.24, 2.45) is 14.1 Å². The van der Waals surface area contributed by atoms with Gasteiger partial charge in [-0.3, -0.25) is 9.36 Å². The second-order valence-electron chi connectivity index (χ2n) is 4.73. The Balaban J connectivity index is 2.44. The van der Waals surface area contributed by atoms with E-state index in [-0.39, 0.29) is 6.04 Å². The van der Waals surface area contributed by atoms with E-state index in [1.807, 2.05) is 36.6 Å². The highest BCUT2D eigenvalue weighted by molar-refractivity contribution is 9.10. The molecule has 0 fully saturated rings. The van der Waals surface area contributed by atoms with Gasteiger partial charge >= 0.3 is 0 Å². The Morgan fingerprint density at radius 1 is 1.42 bits per heavy atom. The summed E-state index contributed by atoms with van der Waals surface area (Å²) in [4.78, 5) is 0. The molecule has 0 bridgehead atoms. The summed E-state index contributed by atoms with van der Waals surface area (Å²) in [5, 5.41) is 12.3. The molecule has 104 valence electrons. The number of nitrogens with one attached hydrogen (secondary N) is 1. The molecule has 0 saturated carbocycles. The van der Waals surface area contributed by atoms with Gasteiger partial charge in [0.2, 0.25) is 0 Å². The van der Waals surface area contributed by atoms with Crippen LogP contribution in [0.2, 0.25) is 0 Å². The monoisotopic (exact) mass is 325 g/mol. The van der Waals surface area contributed by atoms with Crippen LogP contribution in [0.5, 0.6) is 0 Å². The van der Waals surface area contributed by atoms with Gasteiger partial charge in [-0.05, 0) is 35.8 Å². The predicted molar refractivity (Wildman–Crippen MR) is 79.0 cm³/mol. The average Bonchev–Trinajstić information content (AvgIpc) is 2.85. The summed E-state index contributed by atoms with van der Waals surface area (Å²) in [5.41, 5.74) is 3.37. The molecule has 1 N–H and O–H groups in total. The first-order valence-corrected chi connectivity index (χ1v) is 7.24. The Bertz CT molecular complexity index is 538. The molecule has 1 atom stereocenters. The third kappa shape index (κ3) is 2.90. The third-order valence-corrected chi connectivity index (χ3v) is 3.78. The first-order chi connectivity index (χ1) is 9.04. The Labute approximate surface area is 122 Å². The van der Waals surface area contributed by atoms with Crippen molar-refractivity contribution in [1.29, 1.82) is 0 Å². The zero-order valence-electron chi connectivity index (χ0n) is 11.8. The molecule has 19 heavy (non-hydrogen) atoms. The molecule has 5 nitrogen and oxygen atoms in total. The van der Waals surface area contributed by atoms with Gasteiger partial charge in [0.25, 0.3) is 0 Å². The summed E-state index contributed by atoms with van der Waals surface area (Å²) in [6.45, 7) is 5.16. The molecule has 6 heteroatoms. The molecule has 0 amide bonds. The van der Waals surface area contributed by atoms with Gasteiger partial charge in [-0.1, -0.05) is 6.92 Å². The van der Waals surface area contributed by atoms with Crippen LogP contribution in [-0.4, -0.2) is 26.1 Å². The highest BCUT2D eigenvalue weighted by Gasteiger charge is 2.23. The van der Waals surface area contributed by atoms with Gasteiger partial charge < -0.3 is 5.32 Å². The predicted octanol–water partition coefficient (Wildman–Crippen LogP) is 2.31. The molecule has 0 aliphatic rings. The van der Waals surface area contributed by atoms with Crippen LogP contribution < -0.4 is 5.32 Å². The first kappa shape index (κ1) is 14.3. The smallest absolute Gasteiger partial charge is 0.0793 e. The number of rotatable bonds is 5.